The Morgan fingerprint density at radius 1 is 1.50 bits per heavy atom. The van der Waals surface area contributed by atoms with Gasteiger partial charge >= 0.3 is 0 Å². The fraction of sp³-hybridized carbons (Fsp3) is 0.375. The second kappa shape index (κ2) is 6.89. The predicted octanol–water partition coefficient (Wildman–Crippen LogP) is 3.28. The average molecular weight is 380 g/mol. The lowest BCUT2D eigenvalue weighted by Crippen LogP contribution is -2.35. The van der Waals surface area contributed by atoms with Gasteiger partial charge < -0.3 is 5.32 Å². The van der Waals surface area contributed by atoms with Crippen LogP contribution < -0.4 is 5.32 Å². The van der Waals surface area contributed by atoms with Gasteiger partial charge in [0.1, 0.15) is 5.01 Å². The first-order valence-electron chi connectivity index (χ1n) is 7.28. The maximum Gasteiger partial charge on any atom is 0.234 e. The number of hydrogen-bond donors (Lipinski definition) is 1. The highest BCUT2D eigenvalue weighted by molar-refractivity contribution is 9.10. The summed E-state index contributed by atoms with van der Waals surface area (Å²) in [5, 5.41) is 6.07. The number of hydrogen-bond acceptors (Lipinski definition) is 4. The zero-order chi connectivity index (χ0) is 15.5. The number of nitrogens with zero attached hydrogens (tertiary/aromatic N) is 2. The standard InChI is InChI=1S/C16H18BrN3OS/c1-20(9-15(21)18-13-5-6-13)8-14-10-22-16(19-14)11-3-2-4-12(17)7-11/h2-4,7,10,13H,5-6,8-9H2,1H3,(H,18,21). The van der Waals surface area contributed by atoms with E-state index in [1.54, 1.807) is 11.3 Å². The van der Waals surface area contributed by atoms with Crippen LogP contribution in [0.1, 0.15) is 18.5 Å². The average Bonchev–Trinajstić information content (AvgIpc) is 3.14. The fourth-order valence-electron chi connectivity index (χ4n) is 2.21. The summed E-state index contributed by atoms with van der Waals surface area (Å²) in [6.07, 6.45) is 2.25. The van der Waals surface area contributed by atoms with Crippen LogP contribution in [0, 0.1) is 0 Å². The van der Waals surface area contributed by atoms with E-state index in [0.29, 0.717) is 19.1 Å². The van der Waals surface area contributed by atoms with Gasteiger partial charge in [-0.05, 0) is 32.0 Å². The topological polar surface area (TPSA) is 45.2 Å². The molecule has 1 fully saturated rings. The third-order valence-corrected chi connectivity index (χ3v) is 4.84. The van der Waals surface area contributed by atoms with E-state index in [1.165, 1.54) is 0 Å². The first-order valence-corrected chi connectivity index (χ1v) is 8.95. The van der Waals surface area contributed by atoms with Gasteiger partial charge in [0, 0.05) is 28.0 Å². The summed E-state index contributed by atoms with van der Waals surface area (Å²) in [6.45, 7) is 1.10. The minimum absolute atomic E-state index is 0.104. The Morgan fingerprint density at radius 3 is 3.05 bits per heavy atom. The van der Waals surface area contributed by atoms with Gasteiger partial charge in [-0.3, -0.25) is 9.69 Å². The highest BCUT2D eigenvalue weighted by Gasteiger charge is 2.23. The molecule has 1 amide bonds. The molecule has 0 bridgehead atoms. The Labute approximate surface area is 142 Å². The third kappa shape index (κ3) is 4.38. The maximum absolute atomic E-state index is 11.8. The minimum Gasteiger partial charge on any atom is -0.352 e. The molecule has 1 saturated carbocycles. The van der Waals surface area contributed by atoms with Crippen LogP contribution in [0.4, 0.5) is 0 Å². The highest BCUT2D eigenvalue weighted by atomic mass is 79.9. The fourth-order valence-corrected chi connectivity index (χ4v) is 3.42. The van der Waals surface area contributed by atoms with Crippen molar-refractivity contribution in [3.05, 3.63) is 39.8 Å². The smallest absolute Gasteiger partial charge is 0.234 e. The molecule has 1 aromatic carbocycles. The van der Waals surface area contributed by atoms with Crippen molar-refractivity contribution >= 4 is 33.2 Å². The number of amides is 1. The molecule has 4 nitrogen and oxygen atoms in total. The zero-order valence-corrected chi connectivity index (χ0v) is 14.8. The number of halogens is 1. The van der Waals surface area contributed by atoms with Crippen LogP contribution in [0.5, 0.6) is 0 Å². The number of thiazole rings is 1. The van der Waals surface area contributed by atoms with Gasteiger partial charge in [0.25, 0.3) is 0 Å². The van der Waals surface area contributed by atoms with E-state index < -0.39 is 0 Å². The molecule has 22 heavy (non-hydrogen) atoms. The van der Waals surface area contributed by atoms with E-state index in [-0.39, 0.29) is 5.91 Å². The SMILES string of the molecule is CN(CC(=O)NC1CC1)Cc1csc(-c2cccc(Br)c2)n1. The van der Waals surface area contributed by atoms with E-state index in [0.717, 1.165) is 33.6 Å². The Balaban J connectivity index is 1.57. The number of carbonyl (C=O) groups excluding carboxylic acids is 1. The summed E-state index contributed by atoms with van der Waals surface area (Å²) >= 11 is 5.12. The van der Waals surface area contributed by atoms with E-state index in [2.05, 4.69) is 43.7 Å². The molecule has 2 aromatic rings. The van der Waals surface area contributed by atoms with Gasteiger partial charge in [-0.1, -0.05) is 28.1 Å². The normalized spacial score (nSPS) is 14.3. The summed E-state index contributed by atoms with van der Waals surface area (Å²) < 4.78 is 1.05. The summed E-state index contributed by atoms with van der Waals surface area (Å²) in [5.74, 6) is 0.104. The van der Waals surface area contributed by atoms with Crippen LogP contribution >= 0.6 is 27.3 Å². The monoisotopic (exact) mass is 379 g/mol. The molecule has 1 aliphatic carbocycles. The molecule has 1 heterocycles. The van der Waals surface area contributed by atoms with Crippen LogP contribution in [-0.2, 0) is 11.3 Å². The number of likely N-dealkylation sites (N-methyl/N-ethyl adjacent to an activating group) is 1. The number of rotatable bonds is 6. The molecule has 1 N–H and O–H groups in total. The van der Waals surface area contributed by atoms with Crippen molar-refractivity contribution in [2.75, 3.05) is 13.6 Å². The largest absolute Gasteiger partial charge is 0.352 e. The van der Waals surface area contributed by atoms with Crippen LogP contribution in [0.25, 0.3) is 10.6 Å². The number of aromatic nitrogens is 1. The molecule has 0 spiro atoms. The second-order valence-corrected chi connectivity index (χ2v) is 7.44. The molecule has 3 rings (SSSR count). The van der Waals surface area contributed by atoms with Crippen molar-refractivity contribution in [3.8, 4) is 10.6 Å². The molecule has 6 heteroatoms. The molecular formula is C16H18BrN3OS. The van der Waals surface area contributed by atoms with Crippen molar-refractivity contribution < 1.29 is 4.79 Å². The van der Waals surface area contributed by atoms with Crippen molar-refractivity contribution in [1.29, 1.82) is 0 Å². The lowest BCUT2D eigenvalue weighted by molar-refractivity contribution is -0.122. The summed E-state index contributed by atoms with van der Waals surface area (Å²) in [5.41, 5.74) is 2.11. The van der Waals surface area contributed by atoms with Gasteiger partial charge in [0.2, 0.25) is 5.91 Å². The van der Waals surface area contributed by atoms with Gasteiger partial charge in [0.05, 0.1) is 12.2 Å². The zero-order valence-electron chi connectivity index (χ0n) is 12.4. The number of carbonyl (C=O) groups is 1. The lowest BCUT2D eigenvalue weighted by Gasteiger charge is -2.14. The van der Waals surface area contributed by atoms with Crippen molar-refractivity contribution in [3.63, 3.8) is 0 Å². The van der Waals surface area contributed by atoms with Gasteiger partial charge in [-0.2, -0.15) is 0 Å². The molecule has 1 aromatic heterocycles. The molecule has 116 valence electrons. The molecule has 0 radical (unpaired) electrons. The Bertz CT molecular complexity index is 669. The molecule has 0 aliphatic heterocycles. The maximum atomic E-state index is 11.8. The second-order valence-electron chi connectivity index (χ2n) is 5.67. The molecule has 0 saturated heterocycles. The summed E-state index contributed by atoms with van der Waals surface area (Å²) in [4.78, 5) is 18.4. The first-order chi connectivity index (χ1) is 10.6. The summed E-state index contributed by atoms with van der Waals surface area (Å²) in [7, 11) is 1.95. The lowest BCUT2D eigenvalue weighted by atomic mass is 10.2. The van der Waals surface area contributed by atoms with E-state index in [4.69, 9.17) is 0 Å². The Kier molecular flexibility index (Phi) is 4.90. The molecule has 0 unspecified atom stereocenters. The summed E-state index contributed by atoms with van der Waals surface area (Å²) in [6, 6.07) is 8.55. The molecule has 0 atom stereocenters. The van der Waals surface area contributed by atoms with Crippen molar-refractivity contribution in [2.45, 2.75) is 25.4 Å². The van der Waals surface area contributed by atoms with Gasteiger partial charge in [0.15, 0.2) is 0 Å². The van der Waals surface area contributed by atoms with Gasteiger partial charge in [-0.25, -0.2) is 4.98 Å². The molecule has 1 aliphatic rings. The van der Waals surface area contributed by atoms with Crippen molar-refractivity contribution in [2.24, 2.45) is 0 Å². The Hall–Kier alpha value is -1.24. The predicted molar refractivity (Wildman–Crippen MR) is 92.7 cm³/mol. The van der Waals surface area contributed by atoms with E-state index in [9.17, 15) is 4.79 Å². The van der Waals surface area contributed by atoms with Gasteiger partial charge in [-0.15, -0.1) is 11.3 Å². The quantitative estimate of drug-likeness (QED) is 0.837. The highest BCUT2D eigenvalue weighted by Crippen LogP contribution is 2.26. The van der Waals surface area contributed by atoms with E-state index >= 15 is 0 Å². The van der Waals surface area contributed by atoms with Crippen LogP contribution in [0.15, 0.2) is 34.1 Å². The third-order valence-electron chi connectivity index (χ3n) is 3.41. The minimum atomic E-state index is 0.104. The van der Waals surface area contributed by atoms with Crippen LogP contribution in [0.2, 0.25) is 0 Å². The number of nitrogens with one attached hydrogen (secondary N) is 1. The first kappa shape index (κ1) is 15.6. The van der Waals surface area contributed by atoms with E-state index in [1.807, 2.05) is 24.1 Å². The molecular weight excluding hydrogens is 362 g/mol. The Morgan fingerprint density at radius 2 is 2.32 bits per heavy atom. The number of benzene rings is 1. The van der Waals surface area contributed by atoms with Crippen LogP contribution in [-0.4, -0.2) is 35.4 Å². The van der Waals surface area contributed by atoms with Crippen molar-refractivity contribution in [1.82, 2.24) is 15.2 Å². The van der Waals surface area contributed by atoms with Crippen LogP contribution in [0.3, 0.4) is 0 Å².